The van der Waals surface area contributed by atoms with Crippen LogP contribution in [-0.4, -0.2) is 30.0 Å². The monoisotopic (exact) mass is 515 g/mol. The van der Waals surface area contributed by atoms with Gasteiger partial charge in [-0.05, 0) is 0 Å². The Morgan fingerprint density at radius 1 is 0.875 bits per heavy atom. The molecule has 1 saturated carbocycles. The molecule has 0 amide bonds. The van der Waals surface area contributed by atoms with Crippen molar-refractivity contribution in [2.24, 2.45) is 0 Å². The number of carboxylic acid groups (broad SMARTS) is 3. The van der Waals surface area contributed by atoms with Crippen LogP contribution in [0.3, 0.4) is 0 Å². The summed E-state index contributed by atoms with van der Waals surface area (Å²) in [6, 6.07) is 2.73. The third kappa shape index (κ3) is 6.03. The van der Waals surface area contributed by atoms with Crippen molar-refractivity contribution in [3.63, 3.8) is 0 Å². The van der Waals surface area contributed by atoms with E-state index < -0.39 is 34.6 Å². The average molecular weight is 515 g/mol. The normalized spacial score (nSPS) is 19.2. The van der Waals surface area contributed by atoms with Crippen molar-refractivity contribution in [1.82, 2.24) is 0 Å². The van der Waals surface area contributed by atoms with Gasteiger partial charge in [0.25, 0.3) is 0 Å². The van der Waals surface area contributed by atoms with Gasteiger partial charge in [0, 0.05) is 16.7 Å². The molecule has 9 heteroatoms. The molecule has 1 aromatic carbocycles. The number of nitrogens with one attached hydrogen (secondary N) is 2. The second-order valence-electron chi connectivity index (χ2n) is 5.09. The molecule has 8 nitrogen and oxygen atoms in total. The smallest absolute Gasteiger partial charge is 0.676 e. The third-order valence-electron chi connectivity index (χ3n) is 3.47. The van der Waals surface area contributed by atoms with Crippen LogP contribution in [-0.2, 0) is 21.1 Å². The molecular formula is C15H16N2O6Pt. The quantitative estimate of drug-likeness (QED) is 0.515. The van der Waals surface area contributed by atoms with Crippen LogP contribution in [0, 0.1) is 0 Å². The molecule has 0 aliphatic heterocycles. The Labute approximate surface area is 154 Å². The molecule has 2 rings (SSSR count). The fourth-order valence-corrected chi connectivity index (χ4v) is 2.24. The summed E-state index contributed by atoms with van der Waals surface area (Å²) in [6.45, 7) is 0. The van der Waals surface area contributed by atoms with Crippen molar-refractivity contribution in [3.8, 4) is 0 Å². The summed E-state index contributed by atoms with van der Waals surface area (Å²) in [4.78, 5) is 31.5. The minimum Gasteiger partial charge on any atom is -0.676 e. The van der Waals surface area contributed by atoms with E-state index in [1.807, 2.05) is 0 Å². The van der Waals surface area contributed by atoms with Gasteiger partial charge in [-0.15, -0.1) is 0 Å². The van der Waals surface area contributed by atoms with E-state index in [9.17, 15) is 29.7 Å². The van der Waals surface area contributed by atoms with Gasteiger partial charge in [0.2, 0.25) is 0 Å². The second kappa shape index (κ2) is 10.2. The van der Waals surface area contributed by atoms with Crippen molar-refractivity contribution < 1.29 is 52.2 Å². The SMILES string of the molecule is O=C([O-])c1cccc(C(=O)[O-])c1C(=O)[O-].[H+].[NH-]C1CCCCC1[NH-].[Pt+4]. The van der Waals surface area contributed by atoms with E-state index in [1.165, 1.54) is 12.8 Å². The van der Waals surface area contributed by atoms with E-state index in [4.69, 9.17) is 11.5 Å². The fourth-order valence-electron chi connectivity index (χ4n) is 2.24. The maximum atomic E-state index is 10.6. The standard InChI is InChI=1S/C9H6O6.C6H12N2.Pt/c10-7(11)4-2-1-3-5(8(12)13)6(4)9(14)15;7-5-3-1-2-4-6(5)8;/h1-3H,(H,10,11)(H,12,13)(H,14,15);5-8H,1-4H2;/q;-2;+4/p-2. The summed E-state index contributed by atoms with van der Waals surface area (Å²) >= 11 is 0. The van der Waals surface area contributed by atoms with Gasteiger partial charge in [-0.3, -0.25) is 0 Å². The van der Waals surface area contributed by atoms with Crippen LogP contribution in [0.4, 0.5) is 0 Å². The van der Waals surface area contributed by atoms with Crippen molar-refractivity contribution in [1.29, 1.82) is 0 Å². The second-order valence-corrected chi connectivity index (χ2v) is 5.09. The minimum absolute atomic E-state index is 0. The number of benzene rings is 1. The Balaban J connectivity index is 0. The van der Waals surface area contributed by atoms with Gasteiger partial charge in [-0.2, -0.15) is 12.1 Å². The molecule has 1 aliphatic carbocycles. The number of carbonyl (C=O) groups is 3. The Bertz CT molecular complexity index is 571. The summed E-state index contributed by atoms with van der Waals surface area (Å²) in [5.41, 5.74) is 12.1. The van der Waals surface area contributed by atoms with Crippen LogP contribution < -0.4 is 15.3 Å². The molecule has 24 heavy (non-hydrogen) atoms. The van der Waals surface area contributed by atoms with E-state index in [1.54, 1.807) is 0 Å². The van der Waals surface area contributed by atoms with Crippen LogP contribution in [0.5, 0.6) is 0 Å². The van der Waals surface area contributed by atoms with Gasteiger partial charge >= 0.3 is 22.5 Å². The summed E-state index contributed by atoms with van der Waals surface area (Å²) in [6.07, 6.45) is 4.25. The third-order valence-corrected chi connectivity index (χ3v) is 3.47. The molecule has 0 aromatic heterocycles. The molecule has 0 spiro atoms. The molecule has 0 saturated heterocycles. The fraction of sp³-hybridized carbons (Fsp3) is 0.400. The first-order valence-electron chi connectivity index (χ1n) is 6.95. The molecule has 0 radical (unpaired) electrons. The molecule has 1 aliphatic rings. The molecule has 132 valence electrons. The van der Waals surface area contributed by atoms with Crippen molar-refractivity contribution in [2.45, 2.75) is 37.8 Å². The zero-order chi connectivity index (χ0) is 17.6. The first kappa shape index (κ1) is 22.2. The Morgan fingerprint density at radius 2 is 1.25 bits per heavy atom. The first-order valence-corrected chi connectivity index (χ1v) is 6.95. The zero-order valence-electron chi connectivity index (χ0n) is 13.5. The number of carbonyl (C=O) groups excluding carboxylic acids is 3. The zero-order valence-corrected chi connectivity index (χ0v) is 14.8. The van der Waals surface area contributed by atoms with Crippen molar-refractivity contribution in [2.75, 3.05) is 0 Å². The Hall–Kier alpha value is -1.76. The van der Waals surface area contributed by atoms with E-state index in [-0.39, 0.29) is 34.6 Å². The van der Waals surface area contributed by atoms with Crippen LogP contribution in [0.25, 0.3) is 11.5 Å². The molecule has 2 unspecified atom stereocenters. The molecule has 2 N–H and O–H groups in total. The number of rotatable bonds is 3. The topological polar surface area (TPSA) is 168 Å². The van der Waals surface area contributed by atoms with Crippen molar-refractivity contribution in [3.05, 3.63) is 46.4 Å². The van der Waals surface area contributed by atoms with Gasteiger partial charge in [0.05, 0.1) is 17.9 Å². The van der Waals surface area contributed by atoms with Gasteiger partial charge in [0.15, 0.2) is 0 Å². The predicted molar refractivity (Wildman–Crippen MR) is 75.2 cm³/mol. The summed E-state index contributed by atoms with van der Waals surface area (Å²) in [5.74, 6) is -5.50. The average Bonchev–Trinajstić information content (AvgIpc) is 2.50. The van der Waals surface area contributed by atoms with E-state index in [0.717, 1.165) is 31.0 Å². The van der Waals surface area contributed by atoms with E-state index in [2.05, 4.69) is 0 Å². The Morgan fingerprint density at radius 3 is 1.50 bits per heavy atom. The molecule has 2 atom stereocenters. The van der Waals surface area contributed by atoms with Gasteiger partial charge in [-0.25, -0.2) is 0 Å². The molecule has 1 fully saturated rings. The number of hydrogen-bond acceptors (Lipinski definition) is 6. The summed E-state index contributed by atoms with van der Waals surface area (Å²) < 4.78 is 0. The van der Waals surface area contributed by atoms with Crippen molar-refractivity contribution >= 4 is 17.9 Å². The molecule has 1 aromatic rings. The van der Waals surface area contributed by atoms with Crippen LogP contribution in [0.1, 0.15) is 58.2 Å². The number of aromatic carboxylic acids is 3. The first-order chi connectivity index (χ1) is 10.8. The van der Waals surface area contributed by atoms with Gasteiger partial charge in [0.1, 0.15) is 0 Å². The number of carboxylic acids is 3. The maximum Gasteiger partial charge on any atom is 4.00 e. The molecule has 0 heterocycles. The van der Waals surface area contributed by atoms with Crippen LogP contribution in [0.15, 0.2) is 18.2 Å². The van der Waals surface area contributed by atoms with E-state index >= 15 is 0 Å². The molecule has 0 bridgehead atoms. The van der Waals surface area contributed by atoms with Gasteiger partial charge in [-0.1, -0.05) is 43.9 Å². The van der Waals surface area contributed by atoms with E-state index in [0.29, 0.717) is 0 Å². The molecular weight excluding hydrogens is 499 g/mol. The summed E-state index contributed by atoms with van der Waals surface area (Å²) in [5, 5.41) is 31.5. The maximum absolute atomic E-state index is 10.6. The minimum atomic E-state index is -1.91. The van der Waals surface area contributed by atoms with Crippen LogP contribution >= 0.6 is 0 Å². The Kier molecular flexibility index (Phi) is 9.43. The number of hydrogen-bond donors (Lipinski definition) is 0. The van der Waals surface area contributed by atoms with Gasteiger partial charge < -0.3 is 41.2 Å². The summed E-state index contributed by atoms with van der Waals surface area (Å²) in [7, 11) is 0. The largest absolute Gasteiger partial charge is 4.00 e. The van der Waals surface area contributed by atoms with Crippen LogP contribution in [0.2, 0.25) is 0 Å². The predicted octanol–water partition coefficient (Wildman–Crippen LogP) is -0.711.